The summed E-state index contributed by atoms with van der Waals surface area (Å²) in [4.78, 5) is 13.3. The lowest BCUT2D eigenvalue weighted by atomic mass is 9.88. The minimum Gasteiger partial charge on any atom is -0.348 e. The number of carbonyl (C=O) groups is 1. The van der Waals surface area contributed by atoms with Crippen LogP contribution in [0.15, 0.2) is 77.7 Å². The highest BCUT2D eigenvalue weighted by molar-refractivity contribution is 7.92. The molecule has 0 radical (unpaired) electrons. The predicted molar refractivity (Wildman–Crippen MR) is 127 cm³/mol. The lowest BCUT2D eigenvalue weighted by Crippen LogP contribution is -2.42. The van der Waals surface area contributed by atoms with Crippen LogP contribution in [0.4, 0.5) is 5.69 Å². The number of hydrogen-bond donors (Lipinski definition) is 1. The highest BCUT2D eigenvalue weighted by Gasteiger charge is 2.29. The highest BCUT2D eigenvalue weighted by Crippen LogP contribution is 2.30. The first kappa shape index (κ1) is 22.1. The van der Waals surface area contributed by atoms with Gasteiger partial charge in [-0.3, -0.25) is 9.10 Å². The van der Waals surface area contributed by atoms with Gasteiger partial charge in [0.25, 0.3) is 10.0 Å². The summed E-state index contributed by atoms with van der Waals surface area (Å²) in [5.41, 5.74) is 4.74. The van der Waals surface area contributed by atoms with Gasteiger partial charge in [-0.1, -0.05) is 54.1 Å². The second-order valence-electron chi connectivity index (χ2n) is 8.37. The van der Waals surface area contributed by atoms with Crippen LogP contribution in [0.5, 0.6) is 0 Å². The zero-order valence-corrected chi connectivity index (χ0v) is 19.2. The molecule has 0 aliphatic heterocycles. The van der Waals surface area contributed by atoms with E-state index in [-0.39, 0.29) is 23.4 Å². The van der Waals surface area contributed by atoms with Crippen LogP contribution >= 0.6 is 0 Å². The molecule has 6 heteroatoms. The number of anilines is 1. The van der Waals surface area contributed by atoms with Crippen LogP contribution in [-0.2, 0) is 21.2 Å². The maximum atomic E-state index is 13.5. The Labute approximate surface area is 190 Å². The summed E-state index contributed by atoms with van der Waals surface area (Å²) in [6.45, 7) is 3.53. The fourth-order valence-electron chi connectivity index (χ4n) is 4.21. The second-order valence-corrected chi connectivity index (χ2v) is 10.2. The maximum absolute atomic E-state index is 13.5. The first-order valence-electron chi connectivity index (χ1n) is 10.9. The Morgan fingerprint density at radius 3 is 2.47 bits per heavy atom. The van der Waals surface area contributed by atoms with E-state index in [9.17, 15) is 13.2 Å². The molecule has 0 bridgehead atoms. The van der Waals surface area contributed by atoms with Crippen molar-refractivity contribution in [3.05, 3.63) is 95.1 Å². The predicted octanol–water partition coefficient (Wildman–Crippen LogP) is 4.69. The summed E-state index contributed by atoms with van der Waals surface area (Å²) in [7, 11) is -3.91. The number of sulfonamides is 1. The average Bonchev–Trinajstić information content (AvgIpc) is 2.78. The Bertz CT molecular complexity index is 1220. The van der Waals surface area contributed by atoms with Gasteiger partial charge in [0.1, 0.15) is 6.54 Å². The molecule has 3 aromatic rings. The normalized spacial score (nSPS) is 15.6. The third-order valence-corrected chi connectivity index (χ3v) is 7.68. The molecule has 3 aromatic carbocycles. The molecule has 1 atom stereocenters. The molecular formula is C26H28N2O3S. The summed E-state index contributed by atoms with van der Waals surface area (Å²) >= 11 is 0. The summed E-state index contributed by atoms with van der Waals surface area (Å²) in [6.07, 6.45) is 2.84. The van der Waals surface area contributed by atoms with Gasteiger partial charge in [0.05, 0.1) is 16.6 Å². The molecule has 0 unspecified atom stereocenters. The molecule has 0 aromatic heterocycles. The van der Waals surface area contributed by atoms with Gasteiger partial charge < -0.3 is 5.32 Å². The Morgan fingerprint density at radius 1 is 0.969 bits per heavy atom. The van der Waals surface area contributed by atoms with Crippen LogP contribution in [0.25, 0.3) is 0 Å². The van der Waals surface area contributed by atoms with Crippen LogP contribution in [0.1, 0.15) is 41.1 Å². The van der Waals surface area contributed by atoms with Gasteiger partial charge in [-0.05, 0) is 74.1 Å². The Hall–Kier alpha value is -3.12. The van der Waals surface area contributed by atoms with Gasteiger partial charge in [-0.2, -0.15) is 0 Å². The third kappa shape index (κ3) is 4.70. The van der Waals surface area contributed by atoms with E-state index in [4.69, 9.17) is 0 Å². The molecule has 1 amide bonds. The summed E-state index contributed by atoms with van der Waals surface area (Å²) in [6, 6.07) is 21.9. The first-order valence-corrected chi connectivity index (χ1v) is 12.3. The van der Waals surface area contributed by atoms with Crippen molar-refractivity contribution in [1.82, 2.24) is 5.32 Å². The van der Waals surface area contributed by atoms with Crippen LogP contribution in [0.3, 0.4) is 0 Å². The summed E-state index contributed by atoms with van der Waals surface area (Å²) in [5, 5.41) is 3.08. The van der Waals surface area contributed by atoms with Gasteiger partial charge in [-0.15, -0.1) is 0 Å². The third-order valence-electron chi connectivity index (χ3n) is 5.89. The minimum atomic E-state index is -3.91. The smallest absolute Gasteiger partial charge is 0.264 e. The van der Waals surface area contributed by atoms with Gasteiger partial charge in [0.2, 0.25) is 5.91 Å². The average molecular weight is 449 g/mol. The topological polar surface area (TPSA) is 66.5 Å². The van der Waals surface area contributed by atoms with E-state index in [0.717, 1.165) is 36.0 Å². The Morgan fingerprint density at radius 2 is 1.72 bits per heavy atom. The first-order chi connectivity index (χ1) is 15.3. The maximum Gasteiger partial charge on any atom is 0.264 e. The van der Waals surface area contributed by atoms with Crippen molar-refractivity contribution >= 4 is 21.6 Å². The van der Waals surface area contributed by atoms with Gasteiger partial charge in [0.15, 0.2) is 0 Å². The largest absolute Gasteiger partial charge is 0.348 e. The van der Waals surface area contributed by atoms with Crippen LogP contribution < -0.4 is 9.62 Å². The molecule has 0 fully saturated rings. The van der Waals surface area contributed by atoms with Crippen molar-refractivity contribution in [2.45, 2.75) is 44.0 Å². The number of fused-ring (bicyclic) bond motifs is 1. The van der Waals surface area contributed by atoms with E-state index in [2.05, 4.69) is 11.4 Å². The monoisotopic (exact) mass is 448 g/mol. The van der Waals surface area contributed by atoms with Crippen LogP contribution in [0, 0.1) is 13.8 Å². The van der Waals surface area contributed by atoms with Crippen molar-refractivity contribution in [2.24, 2.45) is 0 Å². The second kappa shape index (κ2) is 9.17. The molecule has 32 heavy (non-hydrogen) atoms. The standard InChI is InChI=1S/C26H28N2O3S/c1-19-13-15-23(16-14-19)32(30,31)28(22-10-5-7-20(2)17-22)18-26(29)27-25-12-6-9-21-8-3-4-11-24(21)25/h3-5,7-8,10-11,13-17,25H,6,9,12,18H2,1-2H3,(H,27,29)/t25-/m0/s1. The van der Waals surface area contributed by atoms with Crippen molar-refractivity contribution < 1.29 is 13.2 Å². The fraction of sp³-hybridized carbons (Fsp3) is 0.269. The molecule has 1 N–H and O–H groups in total. The quantitative estimate of drug-likeness (QED) is 0.595. The molecule has 4 rings (SSSR count). The van der Waals surface area contributed by atoms with Crippen LogP contribution in [-0.4, -0.2) is 20.9 Å². The fourth-order valence-corrected chi connectivity index (χ4v) is 5.62. The molecule has 5 nitrogen and oxygen atoms in total. The number of rotatable bonds is 6. The molecule has 0 spiro atoms. The molecule has 0 saturated heterocycles. The van der Waals surface area contributed by atoms with E-state index in [1.54, 1.807) is 42.5 Å². The van der Waals surface area contributed by atoms with E-state index >= 15 is 0 Å². The molecule has 0 heterocycles. The summed E-state index contributed by atoms with van der Waals surface area (Å²) < 4.78 is 28.3. The van der Waals surface area contributed by atoms with Gasteiger partial charge in [0, 0.05) is 0 Å². The number of aryl methyl sites for hydroxylation is 3. The molecule has 1 aliphatic carbocycles. The lowest BCUT2D eigenvalue weighted by Gasteiger charge is -2.29. The van der Waals surface area contributed by atoms with Gasteiger partial charge >= 0.3 is 0 Å². The Balaban J connectivity index is 1.63. The number of amides is 1. The Kier molecular flexibility index (Phi) is 6.33. The molecular weight excluding hydrogens is 420 g/mol. The van der Waals surface area contributed by atoms with E-state index in [0.29, 0.717) is 5.69 Å². The molecule has 0 saturated carbocycles. The molecule has 1 aliphatic rings. The van der Waals surface area contributed by atoms with Crippen molar-refractivity contribution in [2.75, 3.05) is 10.8 Å². The lowest BCUT2D eigenvalue weighted by molar-refractivity contribution is -0.120. The van der Waals surface area contributed by atoms with Crippen molar-refractivity contribution in [3.63, 3.8) is 0 Å². The number of nitrogens with one attached hydrogen (secondary N) is 1. The van der Waals surface area contributed by atoms with Crippen molar-refractivity contribution in [1.29, 1.82) is 0 Å². The minimum absolute atomic E-state index is 0.103. The number of hydrogen-bond acceptors (Lipinski definition) is 3. The highest BCUT2D eigenvalue weighted by atomic mass is 32.2. The molecule has 166 valence electrons. The van der Waals surface area contributed by atoms with E-state index in [1.165, 1.54) is 9.87 Å². The SMILES string of the molecule is Cc1ccc(S(=O)(=O)N(CC(=O)N[C@H]2CCCc3ccccc32)c2cccc(C)c2)cc1. The summed E-state index contributed by atoms with van der Waals surface area (Å²) in [5.74, 6) is -0.316. The van der Waals surface area contributed by atoms with E-state index < -0.39 is 10.0 Å². The van der Waals surface area contributed by atoms with E-state index in [1.807, 2.05) is 38.1 Å². The number of carbonyl (C=O) groups excluding carboxylic acids is 1. The van der Waals surface area contributed by atoms with Gasteiger partial charge in [-0.25, -0.2) is 8.42 Å². The number of nitrogens with zero attached hydrogens (tertiary/aromatic N) is 1. The number of benzene rings is 3. The van der Waals surface area contributed by atoms with Crippen molar-refractivity contribution in [3.8, 4) is 0 Å². The zero-order chi connectivity index (χ0) is 22.7. The zero-order valence-electron chi connectivity index (χ0n) is 18.4. The van der Waals surface area contributed by atoms with Crippen LogP contribution in [0.2, 0.25) is 0 Å².